The summed E-state index contributed by atoms with van der Waals surface area (Å²) in [5.41, 5.74) is 1.43. The predicted octanol–water partition coefficient (Wildman–Crippen LogP) is 1.84. The molecule has 0 spiro atoms. The first-order valence-corrected chi connectivity index (χ1v) is 7.08. The van der Waals surface area contributed by atoms with Crippen LogP contribution < -0.4 is 0 Å². The lowest BCUT2D eigenvalue weighted by atomic mass is 9.84. The minimum absolute atomic E-state index is 0.125. The summed E-state index contributed by atoms with van der Waals surface area (Å²) in [5, 5.41) is 9.43. The second-order valence-electron chi connectivity index (χ2n) is 6.81. The van der Waals surface area contributed by atoms with E-state index in [-0.39, 0.29) is 11.4 Å². The summed E-state index contributed by atoms with van der Waals surface area (Å²) in [5.74, 6) is 0.125. The summed E-state index contributed by atoms with van der Waals surface area (Å²) in [6, 6.07) is 5.12. The van der Waals surface area contributed by atoms with Crippen LogP contribution in [0, 0.1) is 0 Å². The van der Waals surface area contributed by atoms with E-state index in [9.17, 15) is 5.11 Å². The van der Waals surface area contributed by atoms with Gasteiger partial charge >= 0.3 is 0 Å². The van der Waals surface area contributed by atoms with Crippen LogP contribution in [0.4, 0.5) is 0 Å². The van der Waals surface area contributed by atoms with Crippen molar-refractivity contribution in [1.82, 2.24) is 14.8 Å². The minimum Gasteiger partial charge on any atom is -0.493 e. The van der Waals surface area contributed by atoms with Crippen molar-refractivity contribution in [3.63, 3.8) is 0 Å². The number of aromatic hydroxyl groups is 1. The summed E-state index contributed by atoms with van der Waals surface area (Å²) >= 11 is 0. The van der Waals surface area contributed by atoms with Crippen LogP contribution in [-0.2, 0) is 6.54 Å². The van der Waals surface area contributed by atoms with E-state index in [2.05, 4.69) is 35.6 Å². The van der Waals surface area contributed by atoms with Crippen molar-refractivity contribution < 1.29 is 5.11 Å². The lowest BCUT2D eigenvalue weighted by molar-refractivity contribution is -0.0997. The highest BCUT2D eigenvalue weighted by atomic mass is 16.3. The molecule has 4 heterocycles. The Kier molecular flexibility index (Phi) is 3.02. The summed E-state index contributed by atoms with van der Waals surface area (Å²) in [4.78, 5) is 8.99. The van der Waals surface area contributed by atoms with E-state index >= 15 is 0 Å². The number of pyridine rings is 1. The highest BCUT2D eigenvalue weighted by Gasteiger charge is 2.46. The highest BCUT2D eigenvalue weighted by molar-refractivity contribution is 5.20. The number of hydrogen-bond donors (Lipinski definition) is 1. The van der Waals surface area contributed by atoms with Gasteiger partial charge in [-0.25, -0.2) is 4.98 Å². The zero-order valence-corrected chi connectivity index (χ0v) is 12.0. The molecule has 0 saturated carbocycles. The van der Waals surface area contributed by atoms with Gasteiger partial charge < -0.3 is 5.11 Å². The van der Waals surface area contributed by atoms with Crippen LogP contribution in [0.2, 0.25) is 0 Å². The second kappa shape index (κ2) is 4.46. The maximum atomic E-state index is 9.43. The third-order valence-corrected chi connectivity index (χ3v) is 4.47. The summed E-state index contributed by atoms with van der Waals surface area (Å²) in [7, 11) is 0. The standard InChI is InChI=1S/C15H23N3O/c1-15(2,3)17-9-12-7-13(10-17)18(12)8-11-4-5-16-14(19)6-11/h4-6,12-13H,7-10H2,1-3H3,(H,16,19). The molecule has 4 heteroatoms. The topological polar surface area (TPSA) is 39.6 Å². The fourth-order valence-corrected chi connectivity index (χ4v) is 3.26. The van der Waals surface area contributed by atoms with Crippen molar-refractivity contribution in [2.24, 2.45) is 0 Å². The quantitative estimate of drug-likeness (QED) is 0.882. The number of aromatic nitrogens is 1. The van der Waals surface area contributed by atoms with E-state index < -0.39 is 0 Å². The van der Waals surface area contributed by atoms with E-state index in [1.54, 1.807) is 12.3 Å². The fourth-order valence-electron chi connectivity index (χ4n) is 3.26. The Morgan fingerprint density at radius 1 is 1.32 bits per heavy atom. The van der Waals surface area contributed by atoms with Gasteiger partial charge in [-0.2, -0.15) is 0 Å². The summed E-state index contributed by atoms with van der Waals surface area (Å²) in [6.07, 6.45) is 3.01. The Bertz CT molecular complexity index is 457. The Hall–Kier alpha value is -1.13. The number of piperidine rings is 1. The zero-order chi connectivity index (χ0) is 13.6. The van der Waals surface area contributed by atoms with Gasteiger partial charge in [0.05, 0.1) is 0 Å². The van der Waals surface area contributed by atoms with Gasteiger partial charge in [-0.1, -0.05) is 0 Å². The molecule has 2 bridgehead atoms. The molecule has 3 aliphatic heterocycles. The largest absolute Gasteiger partial charge is 0.493 e. The molecule has 0 aromatic carbocycles. The van der Waals surface area contributed by atoms with E-state index in [0.29, 0.717) is 12.1 Å². The molecule has 0 radical (unpaired) electrons. The molecule has 2 atom stereocenters. The van der Waals surface area contributed by atoms with Crippen molar-refractivity contribution in [2.45, 2.75) is 51.4 Å². The molecule has 1 aromatic heterocycles. The monoisotopic (exact) mass is 261 g/mol. The first-order valence-electron chi connectivity index (χ1n) is 7.08. The third-order valence-electron chi connectivity index (χ3n) is 4.47. The molecule has 19 heavy (non-hydrogen) atoms. The van der Waals surface area contributed by atoms with Crippen molar-refractivity contribution in [1.29, 1.82) is 0 Å². The Balaban J connectivity index is 1.64. The van der Waals surface area contributed by atoms with E-state index in [1.807, 2.05) is 6.07 Å². The smallest absolute Gasteiger partial charge is 0.210 e. The Morgan fingerprint density at radius 2 is 2.00 bits per heavy atom. The zero-order valence-electron chi connectivity index (χ0n) is 12.0. The van der Waals surface area contributed by atoms with Crippen LogP contribution in [0.15, 0.2) is 18.3 Å². The first-order chi connectivity index (χ1) is 8.93. The van der Waals surface area contributed by atoms with Gasteiger partial charge in [0.1, 0.15) is 0 Å². The predicted molar refractivity (Wildman–Crippen MR) is 75.0 cm³/mol. The number of piperazine rings is 1. The van der Waals surface area contributed by atoms with Gasteiger partial charge in [0.15, 0.2) is 0 Å². The summed E-state index contributed by atoms with van der Waals surface area (Å²) < 4.78 is 0. The van der Waals surface area contributed by atoms with Crippen molar-refractivity contribution >= 4 is 0 Å². The number of rotatable bonds is 2. The average molecular weight is 261 g/mol. The SMILES string of the molecule is CC(C)(C)N1CC2CC(C1)N2Cc1ccnc(O)c1. The lowest BCUT2D eigenvalue weighted by Crippen LogP contribution is -2.70. The third kappa shape index (κ3) is 2.47. The Morgan fingerprint density at radius 3 is 2.58 bits per heavy atom. The molecule has 0 amide bonds. The average Bonchev–Trinajstić information content (AvgIpc) is 2.35. The van der Waals surface area contributed by atoms with Crippen LogP contribution in [0.25, 0.3) is 0 Å². The normalized spacial score (nSPS) is 28.2. The molecule has 1 aromatic rings. The molecule has 3 fully saturated rings. The second-order valence-corrected chi connectivity index (χ2v) is 6.81. The first kappa shape index (κ1) is 12.9. The molecule has 104 valence electrons. The molecule has 2 unspecified atom stereocenters. The fraction of sp³-hybridized carbons (Fsp3) is 0.667. The van der Waals surface area contributed by atoms with Gasteiger partial charge in [0.2, 0.25) is 5.88 Å². The molecular formula is C15H23N3O. The van der Waals surface area contributed by atoms with Crippen molar-refractivity contribution in [3.8, 4) is 5.88 Å². The van der Waals surface area contributed by atoms with Gasteiger partial charge in [0, 0.05) is 49.5 Å². The van der Waals surface area contributed by atoms with Crippen LogP contribution >= 0.6 is 0 Å². The molecule has 0 aliphatic carbocycles. The van der Waals surface area contributed by atoms with Crippen molar-refractivity contribution in [2.75, 3.05) is 13.1 Å². The molecule has 3 aliphatic rings. The van der Waals surface area contributed by atoms with Crippen LogP contribution in [0.3, 0.4) is 0 Å². The Labute approximate surface area is 115 Å². The van der Waals surface area contributed by atoms with E-state index in [4.69, 9.17) is 0 Å². The molecule has 4 rings (SSSR count). The van der Waals surface area contributed by atoms with Gasteiger partial charge in [0.25, 0.3) is 0 Å². The van der Waals surface area contributed by atoms with Crippen molar-refractivity contribution in [3.05, 3.63) is 23.9 Å². The van der Waals surface area contributed by atoms with Gasteiger partial charge in [-0.05, 0) is 38.8 Å². The van der Waals surface area contributed by atoms with Gasteiger partial charge in [-0.15, -0.1) is 0 Å². The van der Waals surface area contributed by atoms with Crippen LogP contribution in [0.5, 0.6) is 5.88 Å². The van der Waals surface area contributed by atoms with Crippen LogP contribution in [-0.4, -0.2) is 50.6 Å². The van der Waals surface area contributed by atoms with Gasteiger partial charge in [-0.3, -0.25) is 9.80 Å². The molecular weight excluding hydrogens is 238 g/mol. The highest BCUT2D eigenvalue weighted by Crippen LogP contribution is 2.36. The summed E-state index contributed by atoms with van der Waals surface area (Å²) in [6.45, 7) is 10.1. The maximum absolute atomic E-state index is 9.43. The van der Waals surface area contributed by atoms with E-state index in [1.165, 1.54) is 6.42 Å². The molecule has 1 N–H and O–H groups in total. The molecule has 3 saturated heterocycles. The van der Waals surface area contributed by atoms with Crippen LogP contribution in [0.1, 0.15) is 32.8 Å². The number of nitrogens with zero attached hydrogens (tertiary/aromatic N) is 3. The minimum atomic E-state index is 0.125. The lowest BCUT2D eigenvalue weighted by Gasteiger charge is -2.59. The number of fused-ring (bicyclic) bond motifs is 2. The molecule has 4 nitrogen and oxygen atoms in total. The van der Waals surface area contributed by atoms with E-state index in [0.717, 1.165) is 25.2 Å². The maximum Gasteiger partial charge on any atom is 0.210 e. The number of hydrogen-bond acceptors (Lipinski definition) is 4.